The van der Waals surface area contributed by atoms with Crippen LogP contribution < -0.4 is 0 Å². The van der Waals surface area contributed by atoms with Crippen molar-refractivity contribution in [2.45, 2.75) is 13.3 Å². The number of nitrogens with one attached hydrogen (secondary N) is 1. The summed E-state index contributed by atoms with van der Waals surface area (Å²) in [5, 5.41) is 6.65. The van der Waals surface area contributed by atoms with Gasteiger partial charge in [0.1, 0.15) is 0 Å². The van der Waals surface area contributed by atoms with E-state index in [1.54, 1.807) is 6.92 Å². The second kappa shape index (κ2) is 3.51. The average molecular weight is 161 g/mol. The van der Waals surface area contributed by atoms with Crippen LogP contribution in [0.25, 0.3) is 0 Å². The van der Waals surface area contributed by atoms with E-state index in [1.807, 2.05) is 0 Å². The fourth-order valence-electron chi connectivity index (χ4n) is 0.597. The first-order valence-electron chi connectivity index (χ1n) is 2.92. The van der Waals surface area contributed by atoms with Crippen LogP contribution in [0.2, 0.25) is 0 Å². The molecular weight excluding hydrogens is 150 g/mol. The predicted octanol–water partition coefficient (Wildman–Crippen LogP) is 0.974. The Morgan fingerprint density at radius 1 is 1.60 bits per heavy atom. The zero-order chi connectivity index (χ0) is 8.20. The van der Waals surface area contributed by atoms with Gasteiger partial charge in [-0.05, 0) is 12.5 Å². The van der Waals surface area contributed by atoms with Crippen LogP contribution in [0.4, 0.5) is 0 Å². The second-order valence-electron chi connectivity index (χ2n) is 1.93. The molecule has 0 bridgehead atoms. The van der Waals surface area contributed by atoms with Crippen molar-refractivity contribution in [1.29, 1.82) is 5.41 Å². The van der Waals surface area contributed by atoms with E-state index in [0.29, 0.717) is 11.3 Å². The zero-order valence-electron chi connectivity index (χ0n) is 6.09. The van der Waals surface area contributed by atoms with Crippen LogP contribution in [0.3, 0.4) is 0 Å². The summed E-state index contributed by atoms with van der Waals surface area (Å²) < 4.78 is 21.6. The van der Waals surface area contributed by atoms with Crippen LogP contribution >= 0.6 is 0 Å². The molecule has 0 aliphatic carbocycles. The van der Waals surface area contributed by atoms with Crippen LogP contribution in [0, 0.1) is 5.41 Å². The summed E-state index contributed by atoms with van der Waals surface area (Å²) in [7, 11) is -3.07. The van der Waals surface area contributed by atoms with Gasteiger partial charge in [0.15, 0.2) is 9.84 Å². The molecule has 0 aromatic rings. The fourth-order valence-corrected chi connectivity index (χ4v) is 1.44. The Labute approximate surface area is 61.2 Å². The first kappa shape index (κ1) is 9.36. The van der Waals surface area contributed by atoms with Gasteiger partial charge in [-0.15, -0.1) is 0 Å². The molecule has 0 aliphatic rings. The van der Waals surface area contributed by atoms with E-state index in [-0.39, 0.29) is 0 Å². The van der Waals surface area contributed by atoms with Crippen LogP contribution in [-0.2, 0) is 9.84 Å². The molecule has 0 fully saturated rings. The van der Waals surface area contributed by atoms with Gasteiger partial charge in [-0.1, -0.05) is 6.92 Å². The van der Waals surface area contributed by atoms with Crippen molar-refractivity contribution in [3.8, 4) is 0 Å². The van der Waals surface area contributed by atoms with Gasteiger partial charge in [0.05, 0.1) is 0 Å². The molecule has 0 saturated heterocycles. The molecule has 10 heavy (non-hydrogen) atoms. The van der Waals surface area contributed by atoms with Crippen molar-refractivity contribution in [2.75, 3.05) is 6.26 Å². The highest BCUT2D eigenvalue weighted by Crippen LogP contribution is 2.06. The molecule has 0 saturated carbocycles. The lowest BCUT2D eigenvalue weighted by atomic mass is 10.4. The molecule has 0 spiro atoms. The van der Waals surface area contributed by atoms with E-state index >= 15 is 0 Å². The molecule has 3 nitrogen and oxygen atoms in total. The summed E-state index contributed by atoms with van der Waals surface area (Å²) in [5.41, 5.74) is 0. The maximum atomic E-state index is 10.8. The molecule has 0 amide bonds. The number of hydrogen-bond donors (Lipinski definition) is 1. The predicted molar refractivity (Wildman–Crippen MR) is 42.0 cm³/mol. The van der Waals surface area contributed by atoms with Gasteiger partial charge in [0.25, 0.3) is 0 Å². The minimum atomic E-state index is -3.07. The Hall–Kier alpha value is -0.640. The molecule has 0 aromatic carbocycles. The minimum absolute atomic E-state index is 0.308. The maximum Gasteiger partial charge on any atom is 0.171 e. The van der Waals surface area contributed by atoms with Gasteiger partial charge in [0.2, 0.25) is 0 Å². The summed E-state index contributed by atoms with van der Waals surface area (Å²) in [5.74, 6) is 0. The fraction of sp³-hybridized carbons (Fsp3) is 0.500. The van der Waals surface area contributed by atoms with Crippen LogP contribution in [-0.4, -0.2) is 20.9 Å². The quantitative estimate of drug-likeness (QED) is 0.627. The largest absolute Gasteiger partial charge is 0.309 e. The Morgan fingerprint density at radius 3 is 2.20 bits per heavy atom. The number of rotatable bonds is 3. The lowest BCUT2D eigenvalue weighted by Gasteiger charge is -1.97. The Kier molecular flexibility index (Phi) is 3.28. The third kappa shape index (κ3) is 2.77. The third-order valence-electron chi connectivity index (χ3n) is 1.09. The molecule has 0 atom stereocenters. The lowest BCUT2D eigenvalue weighted by Crippen LogP contribution is -1.99. The molecule has 0 heterocycles. The van der Waals surface area contributed by atoms with Crippen molar-refractivity contribution < 1.29 is 8.42 Å². The van der Waals surface area contributed by atoms with Crippen molar-refractivity contribution in [2.24, 2.45) is 0 Å². The molecule has 4 heteroatoms. The topological polar surface area (TPSA) is 58.0 Å². The molecule has 0 aliphatic heterocycles. The summed E-state index contributed by atoms with van der Waals surface area (Å²) in [6.45, 7) is 1.75. The number of hydrogen-bond acceptors (Lipinski definition) is 3. The Bertz CT molecular complexity index is 238. The van der Waals surface area contributed by atoms with Crippen molar-refractivity contribution in [3.05, 3.63) is 11.0 Å². The maximum absolute atomic E-state index is 10.8. The molecule has 0 unspecified atom stereocenters. The highest BCUT2D eigenvalue weighted by molar-refractivity contribution is 7.94. The molecule has 0 rings (SSSR count). The van der Waals surface area contributed by atoms with Gasteiger partial charge in [-0.25, -0.2) is 8.42 Å². The van der Waals surface area contributed by atoms with Gasteiger partial charge in [-0.3, -0.25) is 0 Å². The first-order chi connectivity index (χ1) is 4.52. The van der Waals surface area contributed by atoms with E-state index in [2.05, 4.69) is 0 Å². The minimum Gasteiger partial charge on any atom is -0.309 e. The van der Waals surface area contributed by atoms with E-state index in [9.17, 15) is 8.42 Å². The van der Waals surface area contributed by atoms with Gasteiger partial charge >= 0.3 is 0 Å². The molecular formula is C6H11NO2S. The van der Waals surface area contributed by atoms with Crippen molar-refractivity contribution in [1.82, 2.24) is 0 Å². The third-order valence-corrected chi connectivity index (χ3v) is 2.47. The normalized spacial score (nSPS) is 13.2. The standard InChI is InChI=1S/C6H11NO2S/c1-3-6(4-5-7)10(2,8)9/h4-5,7H,3H2,1-2H3/b6-4+,7-5?. The summed E-state index contributed by atoms with van der Waals surface area (Å²) in [6, 6.07) is 0. The van der Waals surface area contributed by atoms with E-state index in [0.717, 1.165) is 12.5 Å². The zero-order valence-corrected chi connectivity index (χ0v) is 6.90. The summed E-state index contributed by atoms with van der Waals surface area (Å²) >= 11 is 0. The van der Waals surface area contributed by atoms with E-state index in [4.69, 9.17) is 5.41 Å². The van der Waals surface area contributed by atoms with Crippen LogP contribution in [0.15, 0.2) is 11.0 Å². The van der Waals surface area contributed by atoms with E-state index < -0.39 is 9.84 Å². The summed E-state index contributed by atoms with van der Waals surface area (Å²) in [6.07, 6.45) is 3.88. The van der Waals surface area contributed by atoms with Gasteiger partial charge in [0, 0.05) is 17.4 Å². The van der Waals surface area contributed by atoms with Crippen LogP contribution in [0.1, 0.15) is 13.3 Å². The molecule has 58 valence electrons. The number of allylic oxidation sites excluding steroid dienone is 2. The smallest absolute Gasteiger partial charge is 0.171 e. The highest BCUT2D eigenvalue weighted by atomic mass is 32.2. The summed E-state index contributed by atoms with van der Waals surface area (Å²) in [4.78, 5) is 0.308. The monoisotopic (exact) mass is 161 g/mol. The van der Waals surface area contributed by atoms with Crippen molar-refractivity contribution in [3.63, 3.8) is 0 Å². The molecule has 1 N–H and O–H groups in total. The molecule has 0 aromatic heterocycles. The van der Waals surface area contributed by atoms with Crippen LogP contribution in [0.5, 0.6) is 0 Å². The second-order valence-corrected chi connectivity index (χ2v) is 3.99. The average Bonchev–Trinajstić information content (AvgIpc) is 1.80. The van der Waals surface area contributed by atoms with Gasteiger partial charge in [-0.2, -0.15) is 0 Å². The SMILES string of the molecule is CC/C(=C\C=N)S(C)(=O)=O. The van der Waals surface area contributed by atoms with Crippen molar-refractivity contribution >= 4 is 16.1 Å². The lowest BCUT2D eigenvalue weighted by molar-refractivity contribution is 0.606. The number of sulfone groups is 1. The van der Waals surface area contributed by atoms with Gasteiger partial charge < -0.3 is 5.41 Å². The Balaban J connectivity index is 4.71. The van der Waals surface area contributed by atoms with E-state index in [1.165, 1.54) is 6.08 Å². The highest BCUT2D eigenvalue weighted by Gasteiger charge is 2.06. The molecule has 0 radical (unpaired) electrons. The Morgan fingerprint density at radius 2 is 2.10 bits per heavy atom. The first-order valence-corrected chi connectivity index (χ1v) is 4.81.